The highest BCUT2D eigenvalue weighted by Gasteiger charge is 2.10. The first-order chi connectivity index (χ1) is 7.02. The third-order valence-electron chi connectivity index (χ3n) is 2.05. The summed E-state index contributed by atoms with van der Waals surface area (Å²) < 4.78 is 0. The van der Waals surface area contributed by atoms with Crippen molar-refractivity contribution in [3.05, 3.63) is 45.4 Å². The van der Waals surface area contributed by atoms with Gasteiger partial charge in [0.2, 0.25) is 0 Å². The van der Waals surface area contributed by atoms with Crippen molar-refractivity contribution in [3.63, 3.8) is 0 Å². The van der Waals surface area contributed by atoms with Crippen molar-refractivity contribution in [2.45, 2.75) is 13.0 Å². The Hall–Kier alpha value is -0.210. The van der Waals surface area contributed by atoms with Crippen LogP contribution in [0.15, 0.2) is 29.8 Å². The lowest BCUT2D eigenvalue weighted by atomic mass is 10.1. The second kappa shape index (κ2) is 5.76. The molecule has 82 valence electrons. The van der Waals surface area contributed by atoms with E-state index in [-0.39, 0.29) is 6.04 Å². The summed E-state index contributed by atoms with van der Waals surface area (Å²) in [6.45, 7) is 6.15. The fourth-order valence-electron chi connectivity index (χ4n) is 1.23. The molecule has 0 fully saturated rings. The lowest BCUT2D eigenvalue weighted by Gasteiger charge is -2.15. The fraction of sp³-hybridized carbons (Fsp3) is 0.273. The lowest BCUT2D eigenvalue weighted by molar-refractivity contribution is 0.615. The number of hydrogen-bond acceptors (Lipinski definition) is 1. The van der Waals surface area contributed by atoms with Crippen LogP contribution in [0.25, 0.3) is 0 Å². The van der Waals surface area contributed by atoms with E-state index in [1.54, 1.807) is 6.07 Å². The molecule has 1 atom stereocenters. The largest absolute Gasteiger partial charge is 0.305 e. The highest BCUT2D eigenvalue weighted by Crippen LogP contribution is 2.29. The summed E-state index contributed by atoms with van der Waals surface area (Å²) >= 11 is 17.7. The average Bonchev–Trinajstić information content (AvgIpc) is 2.18. The van der Waals surface area contributed by atoms with Crippen molar-refractivity contribution in [2.75, 3.05) is 6.54 Å². The van der Waals surface area contributed by atoms with Gasteiger partial charge in [-0.05, 0) is 18.6 Å². The highest BCUT2D eigenvalue weighted by molar-refractivity contribution is 6.42. The van der Waals surface area contributed by atoms with Gasteiger partial charge in [0.15, 0.2) is 0 Å². The Morgan fingerprint density at radius 1 is 1.47 bits per heavy atom. The number of rotatable bonds is 4. The molecule has 0 radical (unpaired) electrons. The fourth-order valence-corrected chi connectivity index (χ4v) is 1.78. The molecule has 1 unspecified atom stereocenters. The van der Waals surface area contributed by atoms with E-state index < -0.39 is 0 Å². The van der Waals surface area contributed by atoms with Gasteiger partial charge in [-0.15, -0.1) is 0 Å². The van der Waals surface area contributed by atoms with Crippen molar-refractivity contribution in [1.82, 2.24) is 5.32 Å². The van der Waals surface area contributed by atoms with Gasteiger partial charge >= 0.3 is 0 Å². The zero-order valence-corrected chi connectivity index (χ0v) is 10.6. The van der Waals surface area contributed by atoms with Crippen molar-refractivity contribution in [2.24, 2.45) is 0 Å². The minimum absolute atomic E-state index is 0.0895. The number of nitrogens with one attached hydrogen (secondary N) is 1. The van der Waals surface area contributed by atoms with Crippen molar-refractivity contribution in [1.29, 1.82) is 0 Å². The van der Waals surface area contributed by atoms with Crippen molar-refractivity contribution >= 4 is 34.8 Å². The van der Waals surface area contributed by atoms with E-state index in [9.17, 15) is 0 Å². The summed E-state index contributed by atoms with van der Waals surface area (Å²) in [7, 11) is 0. The maximum atomic E-state index is 6.08. The molecule has 0 heterocycles. The van der Waals surface area contributed by atoms with Gasteiger partial charge in [-0.25, -0.2) is 0 Å². The zero-order chi connectivity index (χ0) is 11.4. The van der Waals surface area contributed by atoms with Crippen LogP contribution in [0.2, 0.25) is 10.0 Å². The molecule has 0 aliphatic heterocycles. The summed E-state index contributed by atoms with van der Waals surface area (Å²) in [6.07, 6.45) is 0. The van der Waals surface area contributed by atoms with Gasteiger partial charge in [0.05, 0.1) is 10.0 Å². The lowest BCUT2D eigenvalue weighted by Crippen LogP contribution is -2.20. The minimum atomic E-state index is 0.0895. The molecule has 0 aliphatic carbocycles. The molecule has 0 aromatic heterocycles. The third-order valence-corrected chi connectivity index (χ3v) is 3.02. The minimum Gasteiger partial charge on any atom is -0.305 e. The van der Waals surface area contributed by atoms with E-state index in [4.69, 9.17) is 34.8 Å². The van der Waals surface area contributed by atoms with Crippen LogP contribution >= 0.6 is 34.8 Å². The Bertz CT molecular complexity index is 363. The molecule has 0 spiro atoms. The standard InChI is InChI=1S/C11H12Cl3N/c1-7(12)6-15-8(2)9-4-3-5-10(13)11(9)14/h3-5,8,15H,1,6H2,2H3. The monoisotopic (exact) mass is 263 g/mol. The molecule has 1 aromatic rings. The van der Waals surface area contributed by atoms with Crippen molar-refractivity contribution in [3.8, 4) is 0 Å². The Kier molecular flexibility index (Phi) is 4.94. The van der Waals surface area contributed by atoms with E-state index in [0.29, 0.717) is 21.6 Å². The first-order valence-corrected chi connectivity index (χ1v) is 5.66. The van der Waals surface area contributed by atoms with Crippen LogP contribution in [-0.2, 0) is 0 Å². The van der Waals surface area contributed by atoms with E-state index in [2.05, 4.69) is 11.9 Å². The van der Waals surface area contributed by atoms with E-state index in [0.717, 1.165) is 5.56 Å². The summed E-state index contributed by atoms with van der Waals surface area (Å²) in [5, 5.41) is 4.91. The molecule has 1 rings (SSSR count). The van der Waals surface area contributed by atoms with Crippen LogP contribution in [0.1, 0.15) is 18.5 Å². The van der Waals surface area contributed by atoms with E-state index >= 15 is 0 Å². The van der Waals surface area contributed by atoms with E-state index in [1.165, 1.54) is 0 Å². The van der Waals surface area contributed by atoms with Crippen LogP contribution in [0.4, 0.5) is 0 Å². The Morgan fingerprint density at radius 2 is 2.13 bits per heavy atom. The Morgan fingerprint density at radius 3 is 2.73 bits per heavy atom. The number of benzene rings is 1. The van der Waals surface area contributed by atoms with Crippen LogP contribution in [-0.4, -0.2) is 6.54 Å². The van der Waals surface area contributed by atoms with Crippen LogP contribution in [0.3, 0.4) is 0 Å². The van der Waals surface area contributed by atoms with Gasteiger partial charge in [0.25, 0.3) is 0 Å². The van der Waals surface area contributed by atoms with Crippen LogP contribution in [0, 0.1) is 0 Å². The second-order valence-electron chi connectivity index (χ2n) is 3.26. The summed E-state index contributed by atoms with van der Waals surface area (Å²) in [4.78, 5) is 0. The summed E-state index contributed by atoms with van der Waals surface area (Å²) in [5.74, 6) is 0. The molecule has 0 aliphatic rings. The average molecular weight is 265 g/mol. The molecule has 0 amide bonds. The molecule has 0 bridgehead atoms. The summed E-state index contributed by atoms with van der Waals surface area (Å²) in [5.41, 5.74) is 0.960. The molecule has 15 heavy (non-hydrogen) atoms. The first kappa shape index (κ1) is 12.9. The molecule has 0 saturated heterocycles. The molecule has 0 saturated carbocycles. The number of halogens is 3. The molecule has 4 heteroatoms. The number of hydrogen-bond donors (Lipinski definition) is 1. The maximum absolute atomic E-state index is 6.08. The first-order valence-electron chi connectivity index (χ1n) is 4.53. The van der Waals surface area contributed by atoms with Gasteiger partial charge in [-0.1, -0.05) is 53.5 Å². The van der Waals surface area contributed by atoms with Gasteiger partial charge in [0, 0.05) is 17.6 Å². The molecular formula is C11H12Cl3N. The van der Waals surface area contributed by atoms with Crippen LogP contribution in [0.5, 0.6) is 0 Å². The van der Waals surface area contributed by atoms with Crippen molar-refractivity contribution < 1.29 is 0 Å². The Labute approximate surface area is 105 Å². The molecule has 1 nitrogen and oxygen atoms in total. The zero-order valence-electron chi connectivity index (χ0n) is 8.36. The smallest absolute Gasteiger partial charge is 0.0639 e. The topological polar surface area (TPSA) is 12.0 Å². The summed E-state index contributed by atoms with van der Waals surface area (Å²) in [6, 6.07) is 5.66. The van der Waals surface area contributed by atoms with Gasteiger partial charge in [-0.2, -0.15) is 0 Å². The van der Waals surface area contributed by atoms with Gasteiger partial charge in [0.1, 0.15) is 0 Å². The van der Waals surface area contributed by atoms with E-state index in [1.807, 2.05) is 19.1 Å². The molecular weight excluding hydrogens is 252 g/mol. The molecule has 1 aromatic carbocycles. The predicted octanol–water partition coefficient (Wildman–Crippen LogP) is 4.40. The third kappa shape index (κ3) is 3.69. The molecule has 1 N–H and O–H groups in total. The Balaban J connectivity index is 2.77. The van der Waals surface area contributed by atoms with Gasteiger partial charge in [-0.3, -0.25) is 0 Å². The predicted molar refractivity (Wildman–Crippen MR) is 67.9 cm³/mol. The van der Waals surface area contributed by atoms with Gasteiger partial charge < -0.3 is 5.32 Å². The highest BCUT2D eigenvalue weighted by atomic mass is 35.5. The second-order valence-corrected chi connectivity index (χ2v) is 4.58. The SMILES string of the molecule is C=C(Cl)CNC(C)c1cccc(Cl)c1Cl. The van der Waals surface area contributed by atoms with Crippen LogP contribution < -0.4 is 5.32 Å². The quantitative estimate of drug-likeness (QED) is 0.850. The maximum Gasteiger partial charge on any atom is 0.0639 e. The normalized spacial score (nSPS) is 12.5.